The Morgan fingerprint density at radius 1 is 1.41 bits per heavy atom. The van der Waals surface area contributed by atoms with Crippen LogP contribution in [0.2, 0.25) is 0 Å². The lowest BCUT2D eigenvalue weighted by atomic mass is 10.2. The molecule has 1 amide bonds. The Bertz CT molecular complexity index is 702. The third-order valence-electron chi connectivity index (χ3n) is 2.74. The zero-order valence-corrected chi connectivity index (χ0v) is 14.9. The quantitative estimate of drug-likeness (QED) is 0.562. The van der Waals surface area contributed by atoms with Crippen LogP contribution in [0.3, 0.4) is 0 Å². The highest BCUT2D eigenvalue weighted by atomic mass is 127. The van der Waals surface area contributed by atoms with Gasteiger partial charge in [-0.3, -0.25) is 4.79 Å². The van der Waals surface area contributed by atoms with Gasteiger partial charge >= 0.3 is 5.97 Å². The fourth-order valence-electron chi connectivity index (χ4n) is 1.75. The second-order valence-corrected chi connectivity index (χ2v) is 6.38. The molecule has 0 aliphatic rings. The van der Waals surface area contributed by atoms with Crippen molar-refractivity contribution in [1.29, 1.82) is 0 Å². The van der Waals surface area contributed by atoms with Crippen LogP contribution < -0.4 is 10.6 Å². The molecule has 22 heavy (non-hydrogen) atoms. The zero-order valence-electron chi connectivity index (χ0n) is 12.0. The van der Waals surface area contributed by atoms with Crippen molar-refractivity contribution in [2.75, 3.05) is 24.3 Å². The molecule has 0 atom stereocenters. The second-order valence-electron chi connectivity index (χ2n) is 4.36. The summed E-state index contributed by atoms with van der Waals surface area (Å²) in [6.07, 6.45) is 0. The van der Waals surface area contributed by atoms with Crippen LogP contribution in [0.1, 0.15) is 16.1 Å². The SMILES string of the molecule is CNc1snc(C)c1C(=O)OCC(=O)Nc1cccc(I)c1. The number of nitrogens with one attached hydrogen (secondary N) is 2. The lowest BCUT2D eigenvalue weighted by molar-refractivity contribution is -0.119. The van der Waals surface area contributed by atoms with Crippen molar-refractivity contribution >= 4 is 56.7 Å². The highest BCUT2D eigenvalue weighted by Gasteiger charge is 2.20. The highest BCUT2D eigenvalue weighted by molar-refractivity contribution is 14.1. The molecule has 1 heterocycles. The van der Waals surface area contributed by atoms with E-state index in [0.29, 0.717) is 21.9 Å². The number of ether oxygens (including phenoxy) is 1. The van der Waals surface area contributed by atoms with E-state index >= 15 is 0 Å². The molecule has 2 aromatic rings. The lowest BCUT2D eigenvalue weighted by Crippen LogP contribution is -2.21. The molecule has 0 radical (unpaired) electrons. The minimum Gasteiger partial charge on any atom is -0.452 e. The van der Waals surface area contributed by atoms with Gasteiger partial charge in [-0.15, -0.1) is 0 Å². The van der Waals surface area contributed by atoms with Crippen molar-refractivity contribution in [1.82, 2.24) is 4.37 Å². The van der Waals surface area contributed by atoms with Crippen LogP contribution >= 0.6 is 34.1 Å². The molecule has 0 aliphatic heterocycles. The van der Waals surface area contributed by atoms with E-state index in [1.807, 2.05) is 18.2 Å². The molecule has 2 rings (SSSR count). The minimum atomic E-state index is -0.562. The summed E-state index contributed by atoms with van der Waals surface area (Å²) in [5, 5.41) is 6.19. The average molecular weight is 431 g/mol. The number of hydrogen-bond donors (Lipinski definition) is 2. The van der Waals surface area contributed by atoms with Gasteiger partial charge in [0, 0.05) is 16.3 Å². The van der Waals surface area contributed by atoms with E-state index in [0.717, 1.165) is 3.57 Å². The fourth-order valence-corrected chi connectivity index (χ4v) is 3.02. The molecule has 0 unspecified atom stereocenters. The van der Waals surface area contributed by atoms with Crippen molar-refractivity contribution in [3.05, 3.63) is 39.1 Å². The minimum absolute atomic E-state index is 0.344. The maximum absolute atomic E-state index is 12.0. The molecule has 1 aromatic heterocycles. The van der Waals surface area contributed by atoms with Gasteiger partial charge in [0.05, 0.1) is 5.69 Å². The fraction of sp³-hybridized carbons (Fsp3) is 0.214. The van der Waals surface area contributed by atoms with Gasteiger partial charge < -0.3 is 15.4 Å². The standard InChI is InChI=1S/C14H14IN3O3S/c1-8-12(13(16-2)22-18-8)14(20)21-7-11(19)17-10-5-3-4-9(15)6-10/h3-6,16H,7H2,1-2H3,(H,17,19). The second kappa shape index (κ2) is 7.54. The van der Waals surface area contributed by atoms with Gasteiger partial charge in [-0.25, -0.2) is 4.79 Å². The Hall–Kier alpha value is -1.68. The number of carbonyl (C=O) groups excluding carboxylic acids is 2. The predicted molar refractivity (Wildman–Crippen MR) is 94.5 cm³/mol. The van der Waals surface area contributed by atoms with Gasteiger partial charge in [-0.2, -0.15) is 4.37 Å². The normalized spacial score (nSPS) is 10.1. The van der Waals surface area contributed by atoms with E-state index < -0.39 is 5.97 Å². The predicted octanol–water partition coefficient (Wildman–Crippen LogP) is 2.89. The molecular weight excluding hydrogens is 417 g/mol. The third kappa shape index (κ3) is 4.17. The van der Waals surface area contributed by atoms with Crippen molar-refractivity contribution in [3.8, 4) is 0 Å². The van der Waals surface area contributed by atoms with E-state index in [2.05, 4.69) is 37.6 Å². The number of carbonyl (C=O) groups is 2. The number of nitrogens with zero attached hydrogens (tertiary/aromatic N) is 1. The molecular formula is C14H14IN3O3S. The molecule has 0 fully saturated rings. The summed E-state index contributed by atoms with van der Waals surface area (Å²) in [7, 11) is 1.70. The van der Waals surface area contributed by atoms with Crippen LogP contribution in [-0.4, -0.2) is 29.9 Å². The van der Waals surface area contributed by atoms with Crippen LogP contribution in [0.25, 0.3) is 0 Å². The number of rotatable bonds is 5. The number of aryl methyl sites for hydroxylation is 1. The van der Waals surface area contributed by atoms with E-state index in [1.165, 1.54) is 11.5 Å². The van der Waals surface area contributed by atoms with E-state index in [4.69, 9.17) is 4.74 Å². The first-order valence-corrected chi connectivity index (χ1v) is 8.23. The first-order valence-electron chi connectivity index (χ1n) is 6.38. The molecule has 6 nitrogen and oxygen atoms in total. The molecule has 0 saturated carbocycles. The topological polar surface area (TPSA) is 80.3 Å². The Morgan fingerprint density at radius 2 is 2.18 bits per heavy atom. The van der Waals surface area contributed by atoms with E-state index in [1.54, 1.807) is 20.0 Å². The lowest BCUT2D eigenvalue weighted by Gasteiger charge is -2.07. The van der Waals surface area contributed by atoms with Crippen molar-refractivity contribution in [2.24, 2.45) is 0 Å². The molecule has 116 valence electrons. The van der Waals surface area contributed by atoms with Gasteiger partial charge in [-0.1, -0.05) is 6.07 Å². The van der Waals surface area contributed by atoms with Gasteiger partial charge in [0.2, 0.25) is 0 Å². The molecule has 1 aromatic carbocycles. The number of aromatic nitrogens is 1. The smallest absolute Gasteiger partial charge is 0.343 e. The summed E-state index contributed by atoms with van der Waals surface area (Å²) in [5.41, 5.74) is 1.61. The first kappa shape index (κ1) is 16.7. The van der Waals surface area contributed by atoms with Gasteiger partial charge in [0.15, 0.2) is 6.61 Å². The number of halogens is 1. The number of esters is 1. The van der Waals surface area contributed by atoms with E-state index in [-0.39, 0.29) is 12.5 Å². The monoisotopic (exact) mass is 431 g/mol. The van der Waals surface area contributed by atoms with Crippen LogP contribution in [0.5, 0.6) is 0 Å². The Labute approximate surface area is 145 Å². The summed E-state index contributed by atoms with van der Waals surface area (Å²) < 4.78 is 10.1. The van der Waals surface area contributed by atoms with Crippen LogP contribution in [0.4, 0.5) is 10.7 Å². The molecule has 0 saturated heterocycles. The number of benzene rings is 1. The third-order valence-corrected chi connectivity index (χ3v) is 4.36. The van der Waals surface area contributed by atoms with Gasteiger partial charge in [-0.05, 0) is 59.2 Å². The molecule has 0 aliphatic carbocycles. The van der Waals surface area contributed by atoms with Crippen molar-refractivity contribution < 1.29 is 14.3 Å². The van der Waals surface area contributed by atoms with Crippen molar-refractivity contribution in [3.63, 3.8) is 0 Å². The summed E-state index contributed by atoms with van der Waals surface area (Å²) in [6.45, 7) is 1.38. The zero-order chi connectivity index (χ0) is 16.1. The summed E-state index contributed by atoms with van der Waals surface area (Å²) in [6, 6.07) is 7.35. The average Bonchev–Trinajstić information content (AvgIpc) is 2.86. The molecule has 2 N–H and O–H groups in total. The summed E-state index contributed by atoms with van der Waals surface area (Å²) in [5.74, 6) is -0.949. The molecule has 0 bridgehead atoms. The Morgan fingerprint density at radius 3 is 2.86 bits per heavy atom. The van der Waals surface area contributed by atoms with Crippen LogP contribution in [-0.2, 0) is 9.53 Å². The van der Waals surface area contributed by atoms with Gasteiger partial charge in [0.25, 0.3) is 5.91 Å². The van der Waals surface area contributed by atoms with Gasteiger partial charge in [0.1, 0.15) is 10.6 Å². The number of amides is 1. The maximum atomic E-state index is 12.0. The van der Waals surface area contributed by atoms with Crippen molar-refractivity contribution in [2.45, 2.75) is 6.92 Å². The first-order chi connectivity index (χ1) is 10.5. The molecule has 0 spiro atoms. The van der Waals surface area contributed by atoms with E-state index in [9.17, 15) is 9.59 Å². The highest BCUT2D eigenvalue weighted by Crippen LogP contribution is 2.24. The summed E-state index contributed by atoms with van der Waals surface area (Å²) in [4.78, 5) is 23.9. The maximum Gasteiger partial charge on any atom is 0.343 e. The Kier molecular flexibility index (Phi) is 5.72. The number of hydrogen-bond acceptors (Lipinski definition) is 6. The molecule has 8 heteroatoms. The van der Waals surface area contributed by atoms with Crippen LogP contribution in [0, 0.1) is 10.5 Å². The summed E-state index contributed by atoms with van der Waals surface area (Å²) >= 11 is 3.33. The largest absolute Gasteiger partial charge is 0.452 e. The number of anilines is 2. The Balaban J connectivity index is 1.93. The van der Waals surface area contributed by atoms with Crippen LogP contribution in [0.15, 0.2) is 24.3 Å².